The molecule has 1 aromatic heterocycles. The van der Waals surface area contributed by atoms with Gasteiger partial charge in [-0.05, 0) is 22.1 Å². The largest absolute Gasteiger partial charge is 0.497 e. The van der Waals surface area contributed by atoms with E-state index in [1.54, 1.807) is 11.8 Å². The second-order valence-electron chi connectivity index (χ2n) is 6.03. The van der Waals surface area contributed by atoms with Gasteiger partial charge in [0, 0.05) is 24.1 Å². The van der Waals surface area contributed by atoms with Crippen molar-refractivity contribution in [3.8, 4) is 11.5 Å². The number of methoxy groups -OCH3 is 1. The third kappa shape index (κ3) is 3.06. The van der Waals surface area contributed by atoms with Crippen molar-refractivity contribution < 1.29 is 9.47 Å². The Morgan fingerprint density at radius 2 is 2.08 bits per heavy atom. The molecule has 7 heteroatoms. The molecule has 2 aromatic carbocycles. The maximum atomic E-state index is 6.34. The Kier molecular flexibility index (Phi) is 4.07. The maximum Gasteiger partial charge on any atom is 0.192 e. The third-order valence-corrected chi connectivity index (χ3v) is 4.38. The number of nitrogens with zero attached hydrogens (tertiary/aromatic N) is 4. The fourth-order valence-electron chi connectivity index (χ4n) is 3.08. The van der Waals surface area contributed by atoms with E-state index in [1.165, 1.54) is 0 Å². The van der Waals surface area contributed by atoms with Gasteiger partial charge in [0.05, 0.1) is 13.7 Å². The molecule has 3 aromatic rings. The van der Waals surface area contributed by atoms with Gasteiger partial charge in [-0.3, -0.25) is 0 Å². The lowest BCUT2D eigenvalue weighted by molar-refractivity contribution is 0.147. The summed E-state index contributed by atoms with van der Waals surface area (Å²) in [5.74, 6) is 2.13. The molecule has 2 heterocycles. The number of rotatable bonds is 4. The molecule has 1 aliphatic heterocycles. The van der Waals surface area contributed by atoms with Crippen molar-refractivity contribution in [2.75, 3.05) is 7.11 Å². The van der Waals surface area contributed by atoms with Crippen LogP contribution in [0.1, 0.15) is 35.5 Å². The number of ether oxygens (including phenoxy) is 2. The van der Waals surface area contributed by atoms with Crippen molar-refractivity contribution in [2.24, 2.45) is 5.73 Å². The first-order chi connectivity index (χ1) is 12.2. The van der Waals surface area contributed by atoms with Crippen molar-refractivity contribution in [2.45, 2.75) is 25.1 Å². The minimum Gasteiger partial charge on any atom is -0.497 e. The number of hydrogen-bond donors (Lipinski definition) is 1. The molecule has 128 valence electrons. The smallest absolute Gasteiger partial charge is 0.192 e. The first-order valence-electron chi connectivity index (χ1n) is 8.15. The molecule has 4 rings (SSSR count). The molecular formula is C18H19N5O2. The van der Waals surface area contributed by atoms with E-state index in [0.717, 1.165) is 22.6 Å². The topological polar surface area (TPSA) is 88.1 Å². The third-order valence-electron chi connectivity index (χ3n) is 4.38. The van der Waals surface area contributed by atoms with Crippen LogP contribution in [0.3, 0.4) is 0 Å². The van der Waals surface area contributed by atoms with Gasteiger partial charge in [-0.2, -0.15) is 0 Å². The molecule has 0 amide bonds. The van der Waals surface area contributed by atoms with Crippen molar-refractivity contribution in [1.29, 1.82) is 0 Å². The summed E-state index contributed by atoms with van der Waals surface area (Å²) in [5.41, 5.74) is 8.43. The van der Waals surface area contributed by atoms with E-state index in [-0.39, 0.29) is 12.1 Å². The quantitative estimate of drug-likeness (QED) is 0.785. The zero-order valence-electron chi connectivity index (χ0n) is 13.9. The number of aromatic nitrogens is 4. The van der Waals surface area contributed by atoms with E-state index in [4.69, 9.17) is 15.2 Å². The van der Waals surface area contributed by atoms with Crippen LogP contribution in [0.5, 0.6) is 11.5 Å². The predicted octanol–water partition coefficient (Wildman–Crippen LogP) is 2.25. The lowest BCUT2D eigenvalue weighted by Crippen LogP contribution is -2.26. The fraction of sp³-hybridized carbons (Fsp3) is 0.278. The molecule has 0 radical (unpaired) electrons. The van der Waals surface area contributed by atoms with E-state index < -0.39 is 0 Å². The van der Waals surface area contributed by atoms with Crippen LogP contribution in [-0.2, 0) is 6.54 Å². The molecule has 25 heavy (non-hydrogen) atoms. The highest BCUT2D eigenvalue weighted by Crippen LogP contribution is 2.40. The van der Waals surface area contributed by atoms with E-state index in [9.17, 15) is 0 Å². The van der Waals surface area contributed by atoms with Crippen LogP contribution in [0.2, 0.25) is 0 Å². The summed E-state index contributed by atoms with van der Waals surface area (Å²) >= 11 is 0. The molecule has 0 saturated heterocycles. The van der Waals surface area contributed by atoms with Gasteiger partial charge in [0.1, 0.15) is 11.5 Å². The lowest BCUT2D eigenvalue weighted by Gasteiger charge is -2.29. The van der Waals surface area contributed by atoms with Crippen molar-refractivity contribution in [3.05, 3.63) is 65.5 Å². The van der Waals surface area contributed by atoms with Gasteiger partial charge < -0.3 is 15.2 Å². The second kappa shape index (κ2) is 6.52. The molecule has 0 bridgehead atoms. The van der Waals surface area contributed by atoms with Crippen LogP contribution in [0, 0.1) is 0 Å². The molecule has 0 spiro atoms. The summed E-state index contributed by atoms with van der Waals surface area (Å²) in [6.45, 7) is 0.587. The average Bonchev–Trinajstić information content (AvgIpc) is 3.10. The summed E-state index contributed by atoms with van der Waals surface area (Å²) in [7, 11) is 1.63. The van der Waals surface area contributed by atoms with Crippen LogP contribution >= 0.6 is 0 Å². The normalized spacial score (nSPS) is 19.1. The standard InChI is InChI=1S/C18H19N5O2/c1-24-13-7-8-14-15(19)10-17(25-16(14)9-13)18-20-21-22-23(18)11-12-5-3-2-4-6-12/h2-9,15,17H,10-11,19H2,1H3/t15-,17-/m1/s1. The molecule has 0 unspecified atom stereocenters. The van der Waals surface area contributed by atoms with Crippen LogP contribution in [0.25, 0.3) is 0 Å². The van der Waals surface area contributed by atoms with Gasteiger partial charge in [0.15, 0.2) is 11.9 Å². The van der Waals surface area contributed by atoms with E-state index in [0.29, 0.717) is 18.8 Å². The highest BCUT2D eigenvalue weighted by molar-refractivity contribution is 5.44. The van der Waals surface area contributed by atoms with Crippen LogP contribution < -0.4 is 15.2 Å². The van der Waals surface area contributed by atoms with Gasteiger partial charge in [-0.15, -0.1) is 5.10 Å². The summed E-state index contributed by atoms with van der Waals surface area (Å²) in [6, 6.07) is 15.6. The first-order valence-corrected chi connectivity index (χ1v) is 8.15. The van der Waals surface area contributed by atoms with Crippen molar-refractivity contribution in [3.63, 3.8) is 0 Å². The monoisotopic (exact) mass is 337 g/mol. The first kappa shape index (κ1) is 15.6. The Balaban J connectivity index is 1.62. The Bertz CT molecular complexity index is 865. The SMILES string of the molecule is COc1ccc2c(c1)O[C@@H](c1nnnn1Cc1ccccc1)C[C@H]2N. The molecule has 0 aliphatic carbocycles. The molecular weight excluding hydrogens is 318 g/mol. The predicted molar refractivity (Wildman–Crippen MR) is 91.3 cm³/mol. The van der Waals surface area contributed by atoms with E-state index in [2.05, 4.69) is 15.5 Å². The van der Waals surface area contributed by atoms with Crippen LogP contribution in [0.4, 0.5) is 0 Å². The molecule has 2 N–H and O–H groups in total. The Labute approximate surface area is 145 Å². The molecule has 2 atom stereocenters. The van der Waals surface area contributed by atoms with Crippen molar-refractivity contribution >= 4 is 0 Å². The number of benzene rings is 2. The minimum atomic E-state index is -0.298. The van der Waals surface area contributed by atoms with Crippen LogP contribution in [-0.4, -0.2) is 27.3 Å². The van der Waals surface area contributed by atoms with Crippen LogP contribution in [0.15, 0.2) is 48.5 Å². The number of tetrazole rings is 1. The molecule has 0 fully saturated rings. The molecule has 7 nitrogen and oxygen atoms in total. The van der Waals surface area contributed by atoms with Gasteiger partial charge in [0.25, 0.3) is 0 Å². The highest BCUT2D eigenvalue weighted by atomic mass is 16.5. The fourth-order valence-corrected chi connectivity index (χ4v) is 3.08. The zero-order valence-corrected chi connectivity index (χ0v) is 13.9. The molecule has 0 saturated carbocycles. The Morgan fingerprint density at radius 1 is 1.24 bits per heavy atom. The average molecular weight is 337 g/mol. The van der Waals surface area contributed by atoms with Gasteiger partial charge in [-0.25, -0.2) is 4.68 Å². The van der Waals surface area contributed by atoms with Crippen molar-refractivity contribution in [1.82, 2.24) is 20.2 Å². The van der Waals surface area contributed by atoms with Gasteiger partial charge >= 0.3 is 0 Å². The molecule has 1 aliphatic rings. The minimum absolute atomic E-state index is 0.137. The number of hydrogen-bond acceptors (Lipinski definition) is 6. The second-order valence-corrected chi connectivity index (χ2v) is 6.03. The number of nitrogens with two attached hydrogens (primary N) is 1. The van der Waals surface area contributed by atoms with Gasteiger partial charge in [-0.1, -0.05) is 36.4 Å². The van der Waals surface area contributed by atoms with Gasteiger partial charge in [0.2, 0.25) is 0 Å². The zero-order chi connectivity index (χ0) is 17.2. The summed E-state index contributed by atoms with van der Waals surface area (Å²) in [5, 5.41) is 12.1. The maximum absolute atomic E-state index is 6.34. The number of fused-ring (bicyclic) bond motifs is 1. The van der Waals surface area contributed by atoms with E-state index >= 15 is 0 Å². The Morgan fingerprint density at radius 3 is 2.88 bits per heavy atom. The summed E-state index contributed by atoms with van der Waals surface area (Å²) < 4.78 is 13.2. The summed E-state index contributed by atoms with van der Waals surface area (Å²) in [4.78, 5) is 0. The Hall–Kier alpha value is -2.93. The van der Waals surface area contributed by atoms with E-state index in [1.807, 2.05) is 48.5 Å². The lowest BCUT2D eigenvalue weighted by atomic mass is 9.96. The highest BCUT2D eigenvalue weighted by Gasteiger charge is 2.31. The summed E-state index contributed by atoms with van der Waals surface area (Å²) in [6.07, 6.45) is 0.322.